The van der Waals surface area contributed by atoms with Gasteiger partial charge in [-0.15, -0.1) is 0 Å². The molecule has 1 aromatic carbocycles. The van der Waals surface area contributed by atoms with Crippen molar-refractivity contribution in [3.63, 3.8) is 0 Å². The number of halogens is 1. The highest BCUT2D eigenvalue weighted by atomic mass is 79.9. The van der Waals surface area contributed by atoms with Gasteiger partial charge in [-0.25, -0.2) is 4.98 Å². The highest BCUT2D eigenvalue weighted by Crippen LogP contribution is 2.22. The molecule has 0 fully saturated rings. The van der Waals surface area contributed by atoms with Gasteiger partial charge in [0.05, 0.1) is 17.2 Å². The lowest BCUT2D eigenvalue weighted by Gasteiger charge is -2.12. The normalized spacial score (nSPS) is 10.4. The largest absolute Gasteiger partial charge is 0.324 e. The number of aromatic nitrogens is 2. The Morgan fingerprint density at radius 2 is 2.24 bits per heavy atom. The molecule has 0 amide bonds. The van der Waals surface area contributed by atoms with E-state index in [1.807, 2.05) is 0 Å². The van der Waals surface area contributed by atoms with E-state index in [0.717, 1.165) is 0 Å². The van der Waals surface area contributed by atoms with Crippen molar-refractivity contribution in [1.82, 2.24) is 9.55 Å². The fourth-order valence-corrected chi connectivity index (χ4v) is 2.19. The van der Waals surface area contributed by atoms with Crippen LogP contribution in [0.5, 0.6) is 0 Å². The van der Waals surface area contributed by atoms with Crippen LogP contribution >= 0.6 is 15.9 Å². The number of aryl methyl sites for hydroxylation is 1. The minimum Gasteiger partial charge on any atom is -0.324 e. The van der Waals surface area contributed by atoms with Crippen molar-refractivity contribution in [3.05, 3.63) is 60.7 Å². The molecule has 0 unspecified atom stereocenters. The Bertz CT molecular complexity index is 759. The standard InChI is InChI=1S/C12H12BrN5O3/c1-7-15-5-10(13)12(19)17(7)6-8-4-9(18(20)21)2-3-11(8)16-14/h2-5,16H,6,14H2,1H3. The zero-order chi connectivity index (χ0) is 15.6. The average molecular weight is 354 g/mol. The molecule has 0 saturated carbocycles. The van der Waals surface area contributed by atoms with Crippen LogP contribution in [0.25, 0.3) is 0 Å². The third-order valence-electron chi connectivity index (χ3n) is 2.99. The van der Waals surface area contributed by atoms with Gasteiger partial charge in [-0.2, -0.15) is 0 Å². The first-order chi connectivity index (χ1) is 9.93. The van der Waals surface area contributed by atoms with Crippen LogP contribution < -0.4 is 16.8 Å². The molecule has 21 heavy (non-hydrogen) atoms. The second-order valence-corrected chi connectivity index (χ2v) is 5.14. The van der Waals surface area contributed by atoms with E-state index in [-0.39, 0.29) is 17.8 Å². The molecule has 1 aromatic heterocycles. The van der Waals surface area contributed by atoms with E-state index in [1.165, 1.54) is 29.0 Å². The number of hydrazine groups is 1. The monoisotopic (exact) mass is 353 g/mol. The summed E-state index contributed by atoms with van der Waals surface area (Å²) in [4.78, 5) is 26.5. The first kappa shape index (κ1) is 15.1. The molecule has 3 N–H and O–H groups in total. The van der Waals surface area contributed by atoms with Gasteiger partial charge in [0.25, 0.3) is 11.2 Å². The summed E-state index contributed by atoms with van der Waals surface area (Å²) in [5.41, 5.74) is 3.16. The fraction of sp³-hybridized carbons (Fsp3) is 0.167. The molecule has 0 radical (unpaired) electrons. The molecule has 0 bridgehead atoms. The van der Waals surface area contributed by atoms with Crippen LogP contribution in [0.15, 0.2) is 33.7 Å². The topological polar surface area (TPSA) is 116 Å². The van der Waals surface area contributed by atoms with Gasteiger partial charge < -0.3 is 5.43 Å². The lowest BCUT2D eigenvalue weighted by Crippen LogP contribution is -2.25. The minimum atomic E-state index is -0.501. The summed E-state index contributed by atoms with van der Waals surface area (Å²) >= 11 is 3.12. The van der Waals surface area contributed by atoms with Crippen LogP contribution in [0.4, 0.5) is 11.4 Å². The number of nitro benzene ring substituents is 1. The third-order valence-corrected chi connectivity index (χ3v) is 3.53. The molecule has 0 aliphatic rings. The first-order valence-corrected chi connectivity index (χ1v) is 6.69. The smallest absolute Gasteiger partial charge is 0.269 e. The second kappa shape index (κ2) is 6.02. The SMILES string of the molecule is Cc1ncc(Br)c(=O)n1Cc1cc([N+](=O)[O-])ccc1NN. The molecule has 2 rings (SSSR count). The van der Waals surface area contributed by atoms with Crippen molar-refractivity contribution in [3.8, 4) is 0 Å². The Hall–Kier alpha value is -2.26. The maximum atomic E-state index is 12.1. The van der Waals surface area contributed by atoms with Crippen molar-refractivity contribution >= 4 is 27.3 Å². The maximum absolute atomic E-state index is 12.1. The molecule has 0 spiro atoms. The van der Waals surface area contributed by atoms with Crippen LogP contribution in [0.2, 0.25) is 0 Å². The fourth-order valence-electron chi connectivity index (χ4n) is 1.87. The minimum absolute atomic E-state index is 0.0716. The Kier molecular flexibility index (Phi) is 4.34. The summed E-state index contributed by atoms with van der Waals surface area (Å²) in [6.45, 7) is 1.80. The van der Waals surface area contributed by atoms with Gasteiger partial charge >= 0.3 is 0 Å². The number of rotatable bonds is 4. The second-order valence-electron chi connectivity index (χ2n) is 4.29. The molecule has 8 nitrogen and oxygen atoms in total. The lowest BCUT2D eigenvalue weighted by atomic mass is 10.1. The number of nitrogens with two attached hydrogens (primary N) is 1. The van der Waals surface area contributed by atoms with Crippen molar-refractivity contribution < 1.29 is 4.92 Å². The number of nitro groups is 1. The lowest BCUT2D eigenvalue weighted by molar-refractivity contribution is -0.384. The van der Waals surface area contributed by atoms with Gasteiger partial charge in [0.15, 0.2) is 0 Å². The molecule has 0 saturated heterocycles. The van der Waals surface area contributed by atoms with Gasteiger partial charge in [0, 0.05) is 23.9 Å². The van der Waals surface area contributed by atoms with E-state index in [9.17, 15) is 14.9 Å². The zero-order valence-electron chi connectivity index (χ0n) is 11.0. The van der Waals surface area contributed by atoms with Crippen LogP contribution in [0, 0.1) is 17.0 Å². The van der Waals surface area contributed by atoms with E-state index in [4.69, 9.17) is 5.84 Å². The highest BCUT2D eigenvalue weighted by Gasteiger charge is 2.13. The van der Waals surface area contributed by atoms with E-state index in [1.54, 1.807) is 6.92 Å². The molecule has 2 aromatic rings. The molecular formula is C12H12BrN5O3. The van der Waals surface area contributed by atoms with Crippen LogP contribution in [-0.4, -0.2) is 14.5 Å². The summed E-state index contributed by atoms with van der Waals surface area (Å²) in [5, 5.41) is 10.9. The van der Waals surface area contributed by atoms with Crippen LogP contribution in [0.3, 0.4) is 0 Å². The number of nitrogens with one attached hydrogen (secondary N) is 1. The van der Waals surface area contributed by atoms with Crippen LogP contribution in [-0.2, 0) is 6.54 Å². The predicted molar refractivity (Wildman–Crippen MR) is 80.9 cm³/mol. The van der Waals surface area contributed by atoms with Crippen LogP contribution in [0.1, 0.15) is 11.4 Å². The highest BCUT2D eigenvalue weighted by molar-refractivity contribution is 9.10. The number of nitrogen functional groups attached to an aromatic ring is 1. The summed E-state index contributed by atoms with van der Waals surface area (Å²) < 4.78 is 1.73. The van der Waals surface area contributed by atoms with Gasteiger partial charge in [-0.3, -0.25) is 25.3 Å². The summed E-state index contributed by atoms with van der Waals surface area (Å²) in [6.07, 6.45) is 1.42. The van der Waals surface area contributed by atoms with Crippen molar-refractivity contribution in [1.29, 1.82) is 0 Å². The summed E-state index contributed by atoms with van der Waals surface area (Å²) in [6, 6.07) is 4.22. The molecule has 0 atom stereocenters. The molecule has 0 aliphatic heterocycles. The molecule has 110 valence electrons. The molecular weight excluding hydrogens is 342 g/mol. The molecule has 0 aliphatic carbocycles. The summed E-state index contributed by atoms with van der Waals surface area (Å²) in [7, 11) is 0. The maximum Gasteiger partial charge on any atom is 0.269 e. The van der Waals surface area contributed by atoms with E-state index >= 15 is 0 Å². The average Bonchev–Trinajstić information content (AvgIpc) is 2.47. The van der Waals surface area contributed by atoms with Crippen molar-refractivity contribution in [2.24, 2.45) is 5.84 Å². The quantitative estimate of drug-likeness (QED) is 0.489. The number of benzene rings is 1. The van der Waals surface area contributed by atoms with Crippen molar-refractivity contribution in [2.45, 2.75) is 13.5 Å². The zero-order valence-corrected chi connectivity index (χ0v) is 12.6. The Labute approximate surface area is 127 Å². The van der Waals surface area contributed by atoms with E-state index in [2.05, 4.69) is 26.3 Å². The van der Waals surface area contributed by atoms with Crippen molar-refractivity contribution in [2.75, 3.05) is 5.43 Å². The molecule has 1 heterocycles. The first-order valence-electron chi connectivity index (χ1n) is 5.90. The van der Waals surface area contributed by atoms with Gasteiger partial charge in [-0.05, 0) is 28.9 Å². The Balaban J connectivity index is 2.53. The number of non-ortho nitro benzene ring substituents is 1. The van der Waals surface area contributed by atoms with E-state index < -0.39 is 4.92 Å². The number of hydrogen-bond acceptors (Lipinski definition) is 6. The van der Waals surface area contributed by atoms with E-state index in [0.29, 0.717) is 21.5 Å². The number of anilines is 1. The molecule has 9 heteroatoms. The van der Waals surface area contributed by atoms with Gasteiger partial charge in [0.1, 0.15) is 10.3 Å². The number of hydrogen-bond donors (Lipinski definition) is 2. The summed E-state index contributed by atoms with van der Waals surface area (Å²) in [5.74, 6) is 5.90. The number of nitrogens with zero attached hydrogens (tertiary/aromatic N) is 3. The Morgan fingerprint density at radius 1 is 1.52 bits per heavy atom. The third kappa shape index (κ3) is 3.09. The van der Waals surface area contributed by atoms with Gasteiger partial charge in [0.2, 0.25) is 0 Å². The van der Waals surface area contributed by atoms with Gasteiger partial charge in [-0.1, -0.05) is 0 Å². The Morgan fingerprint density at radius 3 is 2.86 bits per heavy atom. The predicted octanol–water partition coefficient (Wildman–Crippen LogP) is 1.56.